The Labute approximate surface area is 77.1 Å². The third-order valence-electron chi connectivity index (χ3n) is 2.47. The fourth-order valence-electron chi connectivity index (χ4n) is 1.81. The minimum absolute atomic E-state index is 0.100. The Hall–Kier alpha value is -1.15. The van der Waals surface area contributed by atoms with Crippen molar-refractivity contribution in [3.05, 3.63) is 41.2 Å². The van der Waals surface area contributed by atoms with Gasteiger partial charge in [-0.1, -0.05) is 18.2 Å². The van der Waals surface area contributed by atoms with Crippen LogP contribution < -0.4 is 5.73 Å². The van der Waals surface area contributed by atoms with Crippen LogP contribution in [0.5, 0.6) is 0 Å². The van der Waals surface area contributed by atoms with E-state index in [-0.39, 0.29) is 5.82 Å². The fraction of sp³-hybridized carbons (Fsp3) is 0.273. The van der Waals surface area contributed by atoms with Crippen LogP contribution >= 0.6 is 0 Å². The minimum Gasteiger partial charge on any atom is -0.326 e. The van der Waals surface area contributed by atoms with Gasteiger partial charge in [-0.2, -0.15) is 0 Å². The lowest BCUT2D eigenvalue weighted by Crippen LogP contribution is -2.09. The summed E-state index contributed by atoms with van der Waals surface area (Å²) in [6.45, 7) is 0.496. The lowest BCUT2D eigenvalue weighted by atomic mass is 9.90. The van der Waals surface area contributed by atoms with Crippen LogP contribution in [0.25, 0.3) is 5.57 Å². The molecule has 1 aromatic carbocycles. The van der Waals surface area contributed by atoms with Crippen molar-refractivity contribution in [2.45, 2.75) is 12.8 Å². The van der Waals surface area contributed by atoms with Crippen molar-refractivity contribution in [1.29, 1.82) is 0 Å². The highest BCUT2D eigenvalue weighted by atomic mass is 19.1. The molecule has 1 aromatic rings. The number of nitrogens with two attached hydrogens (primary N) is 1. The average Bonchev–Trinajstić information content (AvgIpc) is 2.18. The number of benzene rings is 1. The molecular weight excluding hydrogens is 165 g/mol. The monoisotopic (exact) mass is 177 g/mol. The van der Waals surface area contributed by atoms with Crippen LogP contribution in [-0.2, 0) is 6.42 Å². The largest absolute Gasteiger partial charge is 0.326 e. The van der Waals surface area contributed by atoms with E-state index in [0.717, 1.165) is 29.5 Å². The van der Waals surface area contributed by atoms with E-state index in [1.807, 2.05) is 6.07 Å². The molecule has 0 atom stereocenters. The van der Waals surface area contributed by atoms with Crippen LogP contribution in [-0.4, -0.2) is 6.54 Å². The van der Waals surface area contributed by atoms with Crippen LogP contribution in [0.1, 0.15) is 17.5 Å². The fourth-order valence-corrected chi connectivity index (χ4v) is 1.81. The predicted molar refractivity (Wildman–Crippen MR) is 51.8 cm³/mol. The Balaban J connectivity index is 2.55. The zero-order chi connectivity index (χ0) is 9.26. The predicted octanol–water partition coefficient (Wildman–Crippen LogP) is 2.11. The van der Waals surface area contributed by atoms with E-state index in [1.165, 1.54) is 6.07 Å². The van der Waals surface area contributed by atoms with Gasteiger partial charge in [-0.3, -0.25) is 0 Å². The van der Waals surface area contributed by atoms with E-state index >= 15 is 0 Å². The molecule has 0 unspecified atom stereocenters. The molecule has 0 radical (unpaired) electrons. The Morgan fingerprint density at radius 1 is 1.38 bits per heavy atom. The molecule has 0 bridgehead atoms. The first-order chi connectivity index (χ1) is 6.33. The summed E-state index contributed by atoms with van der Waals surface area (Å²) in [5, 5.41) is 0. The quantitative estimate of drug-likeness (QED) is 0.698. The van der Waals surface area contributed by atoms with E-state index in [0.29, 0.717) is 6.54 Å². The molecule has 0 saturated heterocycles. The molecule has 1 aliphatic rings. The number of rotatable bonds is 1. The standard InChI is InChI=1S/C11H12FN/c12-11-6-2-4-9-8(7-13)3-1-5-10(9)11/h2-4,6H,1,5,7,13H2. The maximum Gasteiger partial charge on any atom is 0.127 e. The smallest absolute Gasteiger partial charge is 0.127 e. The van der Waals surface area contributed by atoms with Gasteiger partial charge in [0.25, 0.3) is 0 Å². The zero-order valence-corrected chi connectivity index (χ0v) is 7.39. The van der Waals surface area contributed by atoms with Crippen LogP contribution in [0, 0.1) is 5.82 Å². The molecule has 0 heterocycles. The van der Waals surface area contributed by atoms with Gasteiger partial charge >= 0.3 is 0 Å². The molecule has 0 fully saturated rings. The van der Waals surface area contributed by atoms with Gasteiger partial charge in [0.05, 0.1) is 0 Å². The van der Waals surface area contributed by atoms with Gasteiger partial charge < -0.3 is 5.73 Å². The Kier molecular flexibility index (Phi) is 2.15. The first-order valence-corrected chi connectivity index (χ1v) is 4.50. The molecule has 2 N–H and O–H groups in total. The van der Waals surface area contributed by atoms with E-state index in [2.05, 4.69) is 6.08 Å². The van der Waals surface area contributed by atoms with Gasteiger partial charge in [0, 0.05) is 6.54 Å². The highest BCUT2D eigenvalue weighted by Crippen LogP contribution is 2.27. The molecule has 2 rings (SSSR count). The summed E-state index contributed by atoms with van der Waals surface area (Å²) in [5.41, 5.74) is 8.47. The molecule has 0 amide bonds. The van der Waals surface area contributed by atoms with Gasteiger partial charge in [0.1, 0.15) is 5.82 Å². The van der Waals surface area contributed by atoms with E-state index in [4.69, 9.17) is 5.73 Å². The zero-order valence-electron chi connectivity index (χ0n) is 7.39. The first kappa shape index (κ1) is 8.45. The topological polar surface area (TPSA) is 26.0 Å². The second-order valence-corrected chi connectivity index (χ2v) is 3.24. The number of halogens is 1. The lowest BCUT2D eigenvalue weighted by molar-refractivity contribution is 0.607. The van der Waals surface area contributed by atoms with E-state index in [1.54, 1.807) is 6.07 Å². The molecule has 13 heavy (non-hydrogen) atoms. The Morgan fingerprint density at radius 2 is 2.23 bits per heavy atom. The van der Waals surface area contributed by atoms with Gasteiger partial charge in [-0.25, -0.2) is 4.39 Å². The van der Waals surface area contributed by atoms with Crippen LogP contribution in [0.3, 0.4) is 0 Å². The third kappa shape index (κ3) is 1.38. The molecule has 0 spiro atoms. The number of hydrogen-bond acceptors (Lipinski definition) is 1. The molecular formula is C11H12FN. The van der Waals surface area contributed by atoms with Crippen molar-refractivity contribution in [1.82, 2.24) is 0 Å². The normalized spacial score (nSPS) is 15.1. The Bertz CT molecular complexity index is 355. The summed E-state index contributed by atoms with van der Waals surface area (Å²) in [5.74, 6) is -0.100. The summed E-state index contributed by atoms with van der Waals surface area (Å²) in [6, 6.07) is 5.19. The SMILES string of the molecule is NCC1=CCCc2c(F)cccc21. The van der Waals surface area contributed by atoms with Crippen molar-refractivity contribution in [3.63, 3.8) is 0 Å². The summed E-state index contributed by atoms with van der Waals surface area (Å²) < 4.78 is 13.3. The molecule has 1 nitrogen and oxygen atoms in total. The van der Waals surface area contributed by atoms with Gasteiger partial charge in [-0.05, 0) is 35.6 Å². The van der Waals surface area contributed by atoms with Crippen LogP contribution in [0.4, 0.5) is 4.39 Å². The summed E-state index contributed by atoms with van der Waals surface area (Å²) in [4.78, 5) is 0. The summed E-state index contributed by atoms with van der Waals surface area (Å²) in [6.07, 6.45) is 3.80. The maximum absolute atomic E-state index is 13.3. The van der Waals surface area contributed by atoms with Gasteiger partial charge in [-0.15, -0.1) is 0 Å². The van der Waals surface area contributed by atoms with Gasteiger partial charge in [0.15, 0.2) is 0 Å². The first-order valence-electron chi connectivity index (χ1n) is 4.50. The average molecular weight is 177 g/mol. The van der Waals surface area contributed by atoms with Crippen molar-refractivity contribution in [2.75, 3.05) is 6.54 Å². The van der Waals surface area contributed by atoms with Crippen molar-refractivity contribution < 1.29 is 4.39 Å². The lowest BCUT2D eigenvalue weighted by Gasteiger charge is -2.16. The van der Waals surface area contributed by atoms with Crippen molar-refractivity contribution >= 4 is 5.57 Å². The molecule has 0 aliphatic heterocycles. The van der Waals surface area contributed by atoms with Crippen LogP contribution in [0.15, 0.2) is 24.3 Å². The van der Waals surface area contributed by atoms with E-state index in [9.17, 15) is 4.39 Å². The maximum atomic E-state index is 13.3. The van der Waals surface area contributed by atoms with Crippen molar-refractivity contribution in [2.24, 2.45) is 5.73 Å². The molecule has 0 saturated carbocycles. The second-order valence-electron chi connectivity index (χ2n) is 3.24. The highest BCUT2D eigenvalue weighted by molar-refractivity contribution is 5.71. The summed E-state index contributed by atoms with van der Waals surface area (Å²) in [7, 11) is 0. The molecule has 2 heteroatoms. The summed E-state index contributed by atoms with van der Waals surface area (Å²) >= 11 is 0. The molecule has 1 aliphatic carbocycles. The third-order valence-corrected chi connectivity index (χ3v) is 2.47. The Morgan fingerprint density at radius 3 is 3.00 bits per heavy atom. The van der Waals surface area contributed by atoms with Gasteiger partial charge in [0.2, 0.25) is 0 Å². The molecule has 0 aromatic heterocycles. The number of fused-ring (bicyclic) bond motifs is 1. The minimum atomic E-state index is -0.100. The second kappa shape index (κ2) is 3.30. The number of hydrogen-bond donors (Lipinski definition) is 1. The number of allylic oxidation sites excluding steroid dienone is 1. The van der Waals surface area contributed by atoms with Crippen LogP contribution in [0.2, 0.25) is 0 Å². The highest BCUT2D eigenvalue weighted by Gasteiger charge is 2.14. The van der Waals surface area contributed by atoms with Crippen molar-refractivity contribution in [3.8, 4) is 0 Å². The molecule has 68 valence electrons. The van der Waals surface area contributed by atoms with E-state index < -0.39 is 0 Å².